The van der Waals surface area contributed by atoms with Crippen LogP contribution in [0.5, 0.6) is 0 Å². The van der Waals surface area contributed by atoms with Gasteiger partial charge in [0.05, 0.1) is 5.56 Å². The number of ketones is 2. The molecule has 6 heteroatoms. The molecule has 0 heterocycles. The molecule has 0 aromatic heterocycles. The van der Waals surface area contributed by atoms with Gasteiger partial charge in [-0.05, 0) is 23.9 Å². The fourth-order valence-corrected chi connectivity index (χ4v) is 3.14. The van der Waals surface area contributed by atoms with E-state index in [-0.39, 0.29) is 38.5 Å². The van der Waals surface area contributed by atoms with Crippen LogP contribution >= 0.6 is 11.8 Å². The zero-order valence-corrected chi connectivity index (χ0v) is 11.8. The summed E-state index contributed by atoms with van der Waals surface area (Å²) in [5.74, 6) is -2.03. The number of fused-ring (bicyclic) bond motifs is 2. The Labute approximate surface area is 129 Å². The van der Waals surface area contributed by atoms with E-state index in [1.807, 2.05) is 0 Å². The van der Waals surface area contributed by atoms with Gasteiger partial charge in [0.25, 0.3) is 0 Å². The van der Waals surface area contributed by atoms with E-state index in [0.717, 1.165) is 0 Å². The Morgan fingerprint density at radius 2 is 1.64 bits per heavy atom. The molecule has 2 aromatic rings. The van der Waals surface area contributed by atoms with Crippen LogP contribution in [0.2, 0.25) is 0 Å². The van der Waals surface area contributed by atoms with E-state index in [2.05, 4.69) is 0 Å². The lowest BCUT2D eigenvalue weighted by Crippen LogP contribution is -2.22. The third-order valence-electron chi connectivity index (χ3n) is 3.42. The molecule has 0 unspecified atom stereocenters. The second-order valence-electron chi connectivity index (χ2n) is 4.57. The van der Waals surface area contributed by atoms with Crippen molar-refractivity contribution in [2.75, 3.05) is 0 Å². The standard InChI is InChI=1S/C16H7NO4S/c17-7-22-15-11(16(20)21)6-5-10-12(15)14(19)9-4-2-1-3-8(9)13(10)18/h1-6H,(H,20,21). The number of benzene rings is 2. The number of nitriles is 1. The van der Waals surface area contributed by atoms with Crippen LogP contribution in [0.3, 0.4) is 0 Å². The van der Waals surface area contributed by atoms with Crippen LogP contribution in [0, 0.1) is 10.7 Å². The zero-order valence-electron chi connectivity index (χ0n) is 11.0. The van der Waals surface area contributed by atoms with Crippen LogP contribution in [0.4, 0.5) is 0 Å². The summed E-state index contributed by atoms with van der Waals surface area (Å²) >= 11 is 0.577. The molecule has 0 saturated carbocycles. The van der Waals surface area contributed by atoms with Crippen molar-refractivity contribution >= 4 is 29.3 Å². The Hall–Kier alpha value is -2.91. The second kappa shape index (κ2) is 5.13. The molecule has 1 aliphatic carbocycles. The topological polar surface area (TPSA) is 95.2 Å². The number of thiocyanates is 1. The molecule has 0 spiro atoms. The zero-order chi connectivity index (χ0) is 15.9. The Kier molecular flexibility index (Phi) is 3.28. The van der Waals surface area contributed by atoms with E-state index in [9.17, 15) is 19.5 Å². The number of carboxylic acid groups (broad SMARTS) is 1. The average Bonchev–Trinajstić information content (AvgIpc) is 2.52. The molecular weight excluding hydrogens is 302 g/mol. The fraction of sp³-hybridized carbons (Fsp3) is 0. The molecule has 0 atom stereocenters. The van der Waals surface area contributed by atoms with Gasteiger partial charge in [0.1, 0.15) is 5.40 Å². The number of rotatable bonds is 2. The van der Waals surface area contributed by atoms with Gasteiger partial charge in [0, 0.05) is 27.1 Å². The second-order valence-corrected chi connectivity index (χ2v) is 5.36. The summed E-state index contributed by atoms with van der Waals surface area (Å²) in [7, 11) is 0. The number of carbonyl (C=O) groups is 3. The Balaban J connectivity index is 2.36. The van der Waals surface area contributed by atoms with Crippen LogP contribution < -0.4 is 0 Å². The Morgan fingerprint density at radius 3 is 2.23 bits per heavy atom. The summed E-state index contributed by atoms with van der Waals surface area (Å²) in [6.07, 6.45) is 0. The van der Waals surface area contributed by atoms with Crippen molar-refractivity contribution in [1.29, 1.82) is 5.26 Å². The Morgan fingerprint density at radius 1 is 1.00 bits per heavy atom. The lowest BCUT2D eigenvalue weighted by Gasteiger charge is -2.20. The molecule has 0 bridgehead atoms. The van der Waals surface area contributed by atoms with Crippen molar-refractivity contribution < 1.29 is 19.5 Å². The predicted octanol–water partition coefficient (Wildman–Crippen LogP) is 2.73. The lowest BCUT2D eigenvalue weighted by molar-refractivity contribution is 0.0692. The molecule has 106 valence electrons. The van der Waals surface area contributed by atoms with Crippen molar-refractivity contribution in [1.82, 2.24) is 0 Å². The van der Waals surface area contributed by atoms with Crippen molar-refractivity contribution in [3.05, 3.63) is 64.2 Å². The normalized spacial score (nSPS) is 12.3. The minimum atomic E-state index is -1.25. The number of nitrogens with zero attached hydrogens (tertiary/aromatic N) is 1. The molecule has 1 aliphatic rings. The van der Waals surface area contributed by atoms with Crippen LogP contribution in [0.15, 0.2) is 41.3 Å². The van der Waals surface area contributed by atoms with Crippen LogP contribution in [0.1, 0.15) is 42.2 Å². The molecule has 5 nitrogen and oxygen atoms in total. The minimum absolute atomic E-state index is 0.00449. The molecule has 2 aromatic carbocycles. The summed E-state index contributed by atoms with van der Waals surface area (Å²) in [5.41, 5.74) is 0.478. The van der Waals surface area contributed by atoms with Gasteiger partial charge in [-0.25, -0.2) is 4.79 Å². The van der Waals surface area contributed by atoms with Gasteiger partial charge in [-0.15, -0.1) is 0 Å². The maximum Gasteiger partial charge on any atom is 0.336 e. The van der Waals surface area contributed by atoms with Gasteiger partial charge in [-0.2, -0.15) is 5.26 Å². The molecule has 3 rings (SSSR count). The number of thioether (sulfide) groups is 1. The first kappa shape index (κ1) is 14.0. The quantitative estimate of drug-likeness (QED) is 0.577. The maximum atomic E-state index is 12.7. The first-order valence-electron chi connectivity index (χ1n) is 6.21. The van der Waals surface area contributed by atoms with Gasteiger partial charge in [0.2, 0.25) is 0 Å². The summed E-state index contributed by atoms with van der Waals surface area (Å²) in [6.45, 7) is 0. The minimum Gasteiger partial charge on any atom is -0.478 e. The first-order valence-corrected chi connectivity index (χ1v) is 7.02. The van der Waals surface area contributed by atoms with Crippen molar-refractivity contribution in [3.63, 3.8) is 0 Å². The molecule has 0 fully saturated rings. The van der Waals surface area contributed by atoms with Gasteiger partial charge < -0.3 is 5.11 Å². The van der Waals surface area contributed by atoms with Crippen molar-refractivity contribution in [2.45, 2.75) is 4.90 Å². The van der Waals surface area contributed by atoms with Gasteiger partial charge in [0.15, 0.2) is 11.6 Å². The molecular formula is C16H7NO4S. The molecule has 0 radical (unpaired) electrons. The monoisotopic (exact) mass is 309 g/mol. The van der Waals surface area contributed by atoms with Crippen LogP contribution in [-0.2, 0) is 0 Å². The van der Waals surface area contributed by atoms with E-state index in [1.165, 1.54) is 18.2 Å². The van der Waals surface area contributed by atoms with Gasteiger partial charge >= 0.3 is 5.97 Å². The largest absolute Gasteiger partial charge is 0.478 e. The smallest absolute Gasteiger partial charge is 0.336 e. The van der Waals surface area contributed by atoms with Gasteiger partial charge in [-0.1, -0.05) is 24.3 Å². The number of hydrogen-bond donors (Lipinski definition) is 1. The molecule has 0 amide bonds. The predicted molar refractivity (Wildman–Crippen MR) is 78.2 cm³/mol. The number of carbonyl (C=O) groups excluding carboxylic acids is 2. The fourth-order valence-electron chi connectivity index (χ4n) is 2.48. The lowest BCUT2D eigenvalue weighted by atomic mass is 9.83. The summed E-state index contributed by atoms with van der Waals surface area (Å²) < 4.78 is 0. The highest BCUT2D eigenvalue weighted by molar-refractivity contribution is 8.03. The highest BCUT2D eigenvalue weighted by atomic mass is 32.2. The van der Waals surface area contributed by atoms with Crippen molar-refractivity contribution in [3.8, 4) is 5.40 Å². The van der Waals surface area contributed by atoms with E-state index >= 15 is 0 Å². The Bertz CT molecular complexity index is 896. The highest BCUT2D eigenvalue weighted by Crippen LogP contribution is 2.36. The third kappa shape index (κ3) is 1.91. The average molecular weight is 309 g/mol. The summed E-state index contributed by atoms with van der Waals surface area (Å²) in [5, 5.41) is 19.9. The van der Waals surface area contributed by atoms with E-state index < -0.39 is 11.8 Å². The summed E-state index contributed by atoms with van der Waals surface area (Å²) in [4.78, 5) is 36.5. The molecule has 1 N–H and O–H groups in total. The van der Waals surface area contributed by atoms with Crippen LogP contribution in [-0.4, -0.2) is 22.6 Å². The van der Waals surface area contributed by atoms with Gasteiger partial charge in [-0.3, -0.25) is 9.59 Å². The third-order valence-corrected chi connectivity index (χ3v) is 4.14. The molecule has 0 saturated heterocycles. The van der Waals surface area contributed by atoms with E-state index in [1.54, 1.807) is 23.6 Å². The number of aromatic carboxylic acids is 1. The van der Waals surface area contributed by atoms with E-state index in [0.29, 0.717) is 11.8 Å². The molecule has 0 aliphatic heterocycles. The summed E-state index contributed by atoms with van der Waals surface area (Å²) in [6, 6.07) is 8.95. The SMILES string of the molecule is N#CSc1c(C(=O)O)ccc2c1C(=O)c1ccccc1C2=O. The maximum absolute atomic E-state index is 12.7. The first-order chi connectivity index (χ1) is 10.6. The van der Waals surface area contributed by atoms with E-state index in [4.69, 9.17) is 5.26 Å². The van der Waals surface area contributed by atoms with Crippen LogP contribution in [0.25, 0.3) is 0 Å². The number of carboxylic acids is 1. The molecule has 22 heavy (non-hydrogen) atoms. The highest BCUT2D eigenvalue weighted by Gasteiger charge is 2.33. The van der Waals surface area contributed by atoms with Crippen molar-refractivity contribution in [2.24, 2.45) is 0 Å². The number of hydrogen-bond acceptors (Lipinski definition) is 5.